The van der Waals surface area contributed by atoms with Gasteiger partial charge in [-0.15, -0.1) is 0 Å². The average Bonchev–Trinajstić information content (AvgIpc) is 2.58. The monoisotopic (exact) mass is 262 g/mol. The molecule has 0 aliphatic carbocycles. The molecule has 18 heavy (non-hydrogen) atoms. The first kappa shape index (κ1) is 12.7. The summed E-state index contributed by atoms with van der Waals surface area (Å²) in [5, 5.41) is 0. The zero-order valence-electron chi connectivity index (χ0n) is 9.38. The molecule has 0 radical (unpaired) electrons. The van der Waals surface area contributed by atoms with Gasteiger partial charge in [-0.25, -0.2) is 9.38 Å². The normalized spacial score (nSPS) is 23.7. The Morgan fingerprint density at radius 1 is 1.39 bits per heavy atom. The third-order valence-electron chi connectivity index (χ3n) is 2.73. The number of rotatable bonds is 1. The van der Waals surface area contributed by atoms with E-state index in [9.17, 15) is 17.6 Å². The van der Waals surface area contributed by atoms with Crippen molar-refractivity contribution >= 4 is 6.02 Å². The Balaban J connectivity index is 2.43. The second-order valence-electron chi connectivity index (χ2n) is 4.20. The second kappa shape index (κ2) is 3.86. The molecule has 3 nitrogen and oxygen atoms in total. The summed E-state index contributed by atoms with van der Waals surface area (Å²) < 4.78 is 55.8. The number of alkyl halides is 3. The minimum atomic E-state index is -4.57. The van der Waals surface area contributed by atoms with Crippen LogP contribution in [0.3, 0.4) is 0 Å². The van der Waals surface area contributed by atoms with Gasteiger partial charge in [0.25, 0.3) is 6.02 Å². The van der Waals surface area contributed by atoms with Crippen molar-refractivity contribution < 1.29 is 22.3 Å². The molecular formula is C11H10F4N2O. The van der Waals surface area contributed by atoms with Crippen molar-refractivity contribution in [1.82, 2.24) is 0 Å². The molecule has 1 aromatic carbocycles. The predicted molar refractivity (Wildman–Crippen MR) is 56.3 cm³/mol. The van der Waals surface area contributed by atoms with Gasteiger partial charge in [0.15, 0.2) is 0 Å². The van der Waals surface area contributed by atoms with Gasteiger partial charge >= 0.3 is 6.18 Å². The number of hydrogen-bond acceptors (Lipinski definition) is 3. The van der Waals surface area contributed by atoms with Gasteiger partial charge < -0.3 is 10.5 Å². The van der Waals surface area contributed by atoms with E-state index in [1.807, 2.05) is 0 Å². The molecule has 1 aromatic rings. The summed E-state index contributed by atoms with van der Waals surface area (Å²) in [5.41, 5.74) is 3.22. The van der Waals surface area contributed by atoms with Gasteiger partial charge in [-0.05, 0) is 19.1 Å². The maximum Gasteiger partial charge on any atom is 0.416 e. The molecule has 2 rings (SSSR count). The number of amidine groups is 1. The zero-order chi connectivity index (χ0) is 13.6. The van der Waals surface area contributed by atoms with Crippen molar-refractivity contribution in [3.8, 4) is 0 Å². The van der Waals surface area contributed by atoms with E-state index in [1.165, 1.54) is 0 Å². The van der Waals surface area contributed by atoms with Gasteiger partial charge in [0.1, 0.15) is 18.0 Å². The summed E-state index contributed by atoms with van der Waals surface area (Å²) in [7, 11) is 0. The van der Waals surface area contributed by atoms with Crippen LogP contribution in [0.15, 0.2) is 23.2 Å². The van der Waals surface area contributed by atoms with E-state index >= 15 is 0 Å². The minimum Gasteiger partial charge on any atom is -0.462 e. The van der Waals surface area contributed by atoms with E-state index < -0.39 is 23.1 Å². The second-order valence-corrected chi connectivity index (χ2v) is 4.20. The van der Waals surface area contributed by atoms with Gasteiger partial charge in [-0.3, -0.25) is 0 Å². The van der Waals surface area contributed by atoms with Crippen LogP contribution in [0.4, 0.5) is 17.6 Å². The Labute approximate surface area is 100 Å². The number of nitrogens with two attached hydrogens (primary N) is 1. The molecule has 0 unspecified atom stereocenters. The van der Waals surface area contributed by atoms with E-state index in [-0.39, 0.29) is 18.2 Å². The molecule has 1 aliphatic rings. The number of benzene rings is 1. The fourth-order valence-corrected chi connectivity index (χ4v) is 1.79. The SMILES string of the molecule is C[C@@]1(c2ccc(C(F)(F)F)cc2F)COC(N)=N1. The molecule has 2 N–H and O–H groups in total. The molecule has 0 spiro atoms. The van der Waals surface area contributed by atoms with E-state index in [0.29, 0.717) is 6.07 Å². The molecule has 0 saturated heterocycles. The van der Waals surface area contributed by atoms with Crippen LogP contribution in [0.25, 0.3) is 0 Å². The summed E-state index contributed by atoms with van der Waals surface area (Å²) in [4.78, 5) is 3.89. The summed E-state index contributed by atoms with van der Waals surface area (Å²) in [6.07, 6.45) is -4.57. The highest BCUT2D eigenvalue weighted by Gasteiger charge is 2.37. The predicted octanol–water partition coefficient (Wildman–Crippen LogP) is 2.40. The molecule has 0 bridgehead atoms. The van der Waals surface area contributed by atoms with Crippen molar-refractivity contribution in [1.29, 1.82) is 0 Å². The number of hydrogen-bond donors (Lipinski definition) is 1. The lowest BCUT2D eigenvalue weighted by atomic mass is 9.92. The molecule has 1 atom stereocenters. The molecule has 1 aliphatic heterocycles. The Morgan fingerprint density at radius 3 is 2.50 bits per heavy atom. The number of aliphatic imine (C=N–C) groups is 1. The van der Waals surface area contributed by atoms with Gasteiger partial charge in [-0.1, -0.05) is 6.07 Å². The highest BCUT2D eigenvalue weighted by molar-refractivity contribution is 5.74. The topological polar surface area (TPSA) is 47.6 Å². The van der Waals surface area contributed by atoms with E-state index in [0.717, 1.165) is 12.1 Å². The van der Waals surface area contributed by atoms with Crippen LogP contribution in [0, 0.1) is 5.82 Å². The van der Waals surface area contributed by atoms with E-state index in [1.54, 1.807) is 6.92 Å². The first-order chi connectivity index (χ1) is 8.22. The van der Waals surface area contributed by atoms with Gasteiger partial charge in [-0.2, -0.15) is 13.2 Å². The molecule has 0 saturated carbocycles. The summed E-state index contributed by atoms with van der Waals surface area (Å²) in [5.74, 6) is -0.977. The average molecular weight is 262 g/mol. The third kappa shape index (κ3) is 2.12. The van der Waals surface area contributed by atoms with Crippen LogP contribution in [0.5, 0.6) is 0 Å². The van der Waals surface area contributed by atoms with Crippen LogP contribution >= 0.6 is 0 Å². The Kier molecular flexibility index (Phi) is 2.71. The van der Waals surface area contributed by atoms with Crippen LogP contribution in [-0.4, -0.2) is 12.6 Å². The first-order valence-electron chi connectivity index (χ1n) is 5.08. The van der Waals surface area contributed by atoms with Gasteiger partial charge in [0, 0.05) is 5.56 Å². The maximum atomic E-state index is 13.7. The number of nitrogens with zero attached hydrogens (tertiary/aromatic N) is 1. The highest BCUT2D eigenvalue weighted by Crippen LogP contribution is 2.35. The van der Waals surface area contributed by atoms with Crippen molar-refractivity contribution in [3.63, 3.8) is 0 Å². The van der Waals surface area contributed by atoms with E-state index in [2.05, 4.69) is 4.99 Å². The van der Waals surface area contributed by atoms with Crippen LogP contribution in [-0.2, 0) is 16.5 Å². The molecule has 0 fully saturated rings. The summed E-state index contributed by atoms with van der Waals surface area (Å²) in [6, 6.07) is 2.22. The third-order valence-corrected chi connectivity index (χ3v) is 2.73. The first-order valence-corrected chi connectivity index (χ1v) is 5.08. The summed E-state index contributed by atoms with van der Waals surface area (Å²) in [6.45, 7) is 1.54. The largest absolute Gasteiger partial charge is 0.462 e. The number of halogens is 4. The fourth-order valence-electron chi connectivity index (χ4n) is 1.79. The Hall–Kier alpha value is -1.79. The zero-order valence-corrected chi connectivity index (χ0v) is 9.38. The van der Waals surface area contributed by atoms with E-state index in [4.69, 9.17) is 10.5 Å². The molecular weight excluding hydrogens is 252 g/mol. The van der Waals surface area contributed by atoms with Crippen molar-refractivity contribution in [2.75, 3.05) is 6.61 Å². The van der Waals surface area contributed by atoms with Crippen LogP contribution in [0.2, 0.25) is 0 Å². The fraction of sp³-hybridized carbons (Fsp3) is 0.364. The van der Waals surface area contributed by atoms with Crippen molar-refractivity contribution in [2.45, 2.75) is 18.6 Å². The van der Waals surface area contributed by atoms with Crippen LogP contribution in [0.1, 0.15) is 18.1 Å². The van der Waals surface area contributed by atoms with Gasteiger partial charge in [0.2, 0.25) is 0 Å². The Bertz CT molecular complexity index is 512. The number of ether oxygens (including phenoxy) is 1. The van der Waals surface area contributed by atoms with Crippen LogP contribution < -0.4 is 5.73 Å². The molecule has 7 heteroatoms. The lowest BCUT2D eigenvalue weighted by molar-refractivity contribution is -0.137. The molecule has 1 heterocycles. The van der Waals surface area contributed by atoms with Crippen molar-refractivity contribution in [3.05, 3.63) is 35.1 Å². The molecule has 0 amide bonds. The molecule has 98 valence electrons. The molecule has 0 aromatic heterocycles. The summed E-state index contributed by atoms with van der Waals surface area (Å²) >= 11 is 0. The quantitative estimate of drug-likeness (QED) is 0.790. The minimum absolute atomic E-state index is 0.00111. The van der Waals surface area contributed by atoms with Gasteiger partial charge in [0.05, 0.1) is 5.56 Å². The maximum absolute atomic E-state index is 13.7. The lowest BCUT2D eigenvalue weighted by Gasteiger charge is -2.20. The smallest absolute Gasteiger partial charge is 0.416 e. The lowest BCUT2D eigenvalue weighted by Crippen LogP contribution is -2.23. The standard InChI is InChI=1S/C11H10F4N2O/c1-10(5-18-9(16)17-10)7-3-2-6(4-8(7)12)11(13,14)15/h2-4H,5H2,1H3,(H2,16,17)/t10-/m0/s1. The highest BCUT2D eigenvalue weighted by atomic mass is 19.4. The van der Waals surface area contributed by atoms with Crippen molar-refractivity contribution in [2.24, 2.45) is 10.7 Å². The Morgan fingerprint density at radius 2 is 2.06 bits per heavy atom.